The third-order valence-corrected chi connectivity index (χ3v) is 6.58. The first-order chi connectivity index (χ1) is 12.7. The molecular formula is C20H23N2O3P. The van der Waals surface area contributed by atoms with Crippen LogP contribution in [0.15, 0.2) is 70.9 Å². The summed E-state index contributed by atoms with van der Waals surface area (Å²) in [6.07, 6.45) is 0.453. The van der Waals surface area contributed by atoms with E-state index in [4.69, 9.17) is 9.05 Å². The molecule has 1 unspecified atom stereocenters. The van der Waals surface area contributed by atoms with Crippen LogP contribution >= 0.6 is 7.60 Å². The molecule has 1 aliphatic rings. The normalized spacial score (nSPS) is 17.5. The van der Waals surface area contributed by atoms with Crippen LogP contribution in [0.2, 0.25) is 0 Å². The van der Waals surface area contributed by atoms with Gasteiger partial charge in [-0.3, -0.25) is 4.57 Å². The van der Waals surface area contributed by atoms with Crippen molar-refractivity contribution in [2.24, 2.45) is 10.2 Å². The molecule has 1 aliphatic heterocycles. The van der Waals surface area contributed by atoms with Gasteiger partial charge in [-0.15, -0.1) is 0 Å². The average molecular weight is 370 g/mol. The van der Waals surface area contributed by atoms with Crippen LogP contribution in [0.4, 0.5) is 0 Å². The molecule has 1 atom stereocenters. The van der Waals surface area contributed by atoms with E-state index in [9.17, 15) is 4.57 Å². The summed E-state index contributed by atoms with van der Waals surface area (Å²) in [6.45, 7) is 4.27. The van der Waals surface area contributed by atoms with Gasteiger partial charge >= 0.3 is 7.60 Å². The number of hydrogen-bond donors (Lipinski definition) is 0. The van der Waals surface area contributed by atoms with Crippen LogP contribution in [0.3, 0.4) is 0 Å². The number of benzene rings is 2. The van der Waals surface area contributed by atoms with E-state index in [0.717, 1.165) is 16.8 Å². The predicted octanol–water partition coefficient (Wildman–Crippen LogP) is 4.92. The van der Waals surface area contributed by atoms with Gasteiger partial charge in [0, 0.05) is 6.42 Å². The SMILES string of the molecule is CCOP(=O)(OCC)C1CC(c2ccccc2)=NN=C1c1ccccc1. The highest BCUT2D eigenvalue weighted by Gasteiger charge is 2.42. The van der Waals surface area contributed by atoms with Crippen molar-refractivity contribution in [2.45, 2.75) is 25.9 Å². The third-order valence-electron chi connectivity index (χ3n) is 4.16. The van der Waals surface area contributed by atoms with Crippen molar-refractivity contribution in [1.29, 1.82) is 0 Å². The van der Waals surface area contributed by atoms with E-state index in [1.165, 1.54) is 0 Å². The second-order valence-electron chi connectivity index (χ2n) is 5.86. The van der Waals surface area contributed by atoms with Gasteiger partial charge in [0.15, 0.2) is 0 Å². The van der Waals surface area contributed by atoms with Crippen LogP contribution in [0.5, 0.6) is 0 Å². The van der Waals surface area contributed by atoms with E-state index in [1.807, 2.05) is 74.5 Å². The first-order valence-corrected chi connectivity index (χ1v) is 10.4. The molecule has 0 aliphatic carbocycles. The second-order valence-corrected chi connectivity index (χ2v) is 8.08. The van der Waals surface area contributed by atoms with Crippen LogP contribution in [0.25, 0.3) is 0 Å². The highest BCUT2D eigenvalue weighted by molar-refractivity contribution is 7.56. The molecule has 0 fully saturated rings. The molecule has 0 aromatic heterocycles. The molecular weight excluding hydrogens is 347 g/mol. The Hall–Kier alpha value is -2.07. The lowest BCUT2D eigenvalue weighted by molar-refractivity contribution is 0.217. The molecule has 0 amide bonds. The van der Waals surface area contributed by atoms with Crippen LogP contribution < -0.4 is 0 Å². The molecule has 5 nitrogen and oxygen atoms in total. The fourth-order valence-corrected chi connectivity index (χ4v) is 5.06. The molecule has 0 saturated heterocycles. The summed E-state index contributed by atoms with van der Waals surface area (Å²) in [5.74, 6) is 0. The number of hydrogen-bond acceptors (Lipinski definition) is 5. The van der Waals surface area contributed by atoms with E-state index in [2.05, 4.69) is 10.2 Å². The van der Waals surface area contributed by atoms with Gasteiger partial charge in [-0.2, -0.15) is 10.2 Å². The van der Waals surface area contributed by atoms with E-state index < -0.39 is 13.3 Å². The molecule has 136 valence electrons. The highest BCUT2D eigenvalue weighted by atomic mass is 31.2. The van der Waals surface area contributed by atoms with Crippen molar-refractivity contribution < 1.29 is 13.6 Å². The first kappa shape index (κ1) is 18.7. The van der Waals surface area contributed by atoms with Gasteiger partial charge < -0.3 is 9.05 Å². The van der Waals surface area contributed by atoms with Crippen molar-refractivity contribution in [2.75, 3.05) is 13.2 Å². The maximum Gasteiger partial charge on any atom is 0.340 e. The topological polar surface area (TPSA) is 60.2 Å². The molecule has 1 heterocycles. The average Bonchev–Trinajstić information content (AvgIpc) is 2.69. The minimum absolute atomic E-state index is 0.313. The molecule has 0 spiro atoms. The zero-order valence-corrected chi connectivity index (χ0v) is 15.9. The lowest BCUT2D eigenvalue weighted by Crippen LogP contribution is -2.30. The Kier molecular flexibility index (Phi) is 6.15. The van der Waals surface area contributed by atoms with Gasteiger partial charge in [0.1, 0.15) is 5.66 Å². The monoisotopic (exact) mass is 370 g/mol. The Morgan fingerprint density at radius 1 is 0.885 bits per heavy atom. The first-order valence-electron chi connectivity index (χ1n) is 8.82. The van der Waals surface area contributed by atoms with Crippen molar-refractivity contribution in [3.05, 3.63) is 71.8 Å². The Balaban J connectivity index is 2.06. The summed E-state index contributed by atoms with van der Waals surface area (Å²) < 4.78 is 24.8. The van der Waals surface area contributed by atoms with Crippen molar-refractivity contribution in [3.8, 4) is 0 Å². The lowest BCUT2D eigenvalue weighted by atomic mass is 9.99. The maximum absolute atomic E-state index is 13.5. The predicted molar refractivity (Wildman–Crippen MR) is 105 cm³/mol. The molecule has 2 aromatic rings. The van der Waals surface area contributed by atoms with Gasteiger partial charge in [0.25, 0.3) is 0 Å². The van der Waals surface area contributed by atoms with E-state index >= 15 is 0 Å². The van der Waals surface area contributed by atoms with Crippen LogP contribution in [-0.2, 0) is 13.6 Å². The van der Waals surface area contributed by atoms with Gasteiger partial charge in [0.2, 0.25) is 0 Å². The van der Waals surface area contributed by atoms with Crippen molar-refractivity contribution >= 4 is 19.0 Å². The summed E-state index contributed by atoms with van der Waals surface area (Å²) in [5, 5.41) is 8.86. The van der Waals surface area contributed by atoms with E-state index in [0.29, 0.717) is 25.3 Å². The number of nitrogens with zero attached hydrogens (tertiary/aromatic N) is 2. The maximum atomic E-state index is 13.5. The van der Waals surface area contributed by atoms with Crippen LogP contribution in [-0.4, -0.2) is 30.3 Å². The summed E-state index contributed by atoms with van der Waals surface area (Å²) in [5.41, 5.74) is 2.80. The molecule has 26 heavy (non-hydrogen) atoms. The standard InChI is InChI=1S/C20H23N2O3P/c1-3-24-26(23,25-4-2)19-15-18(16-11-7-5-8-12-16)21-22-20(19)17-13-9-6-10-14-17/h5-14,19H,3-4,15H2,1-2H3. The fourth-order valence-electron chi connectivity index (χ4n) is 3.01. The van der Waals surface area contributed by atoms with E-state index in [1.54, 1.807) is 0 Å². The quantitative estimate of drug-likeness (QED) is 0.650. The smallest absolute Gasteiger partial charge is 0.308 e. The lowest BCUT2D eigenvalue weighted by Gasteiger charge is -2.29. The minimum atomic E-state index is -3.39. The molecule has 0 bridgehead atoms. The van der Waals surface area contributed by atoms with Gasteiger partial charge in [0.05, 0.1) is 24.6 Å². The molecule has 3 rings (SSSR count). The van der Waals surface area contributed by atoms with E-state index in [-0.39, 0.29) is 0 Å². The minimum Gasteiger partial charge on any atom is -0.308 e. The zero-order valence-electron chi connectivity index (χ0n) is 15.0. The summed E-state index contributed by atoms with van der Waals surface area (Å²) in [7, 11) is -3.39. The molecule has 0 radical (unpaired) electrons. The van der Waals surface area contributed by atoms with Crippen LogP contribution in [0.1, 0.15) is 31.4 Å². The summed E-state index contributed by atoms with van der Waals surface area (Å²) in [6, 6.07) is 19.5. The third kappa shape index (κ3) is 4.01. The van der Waals surface area contributed by atoms with Crippen molar-refractivity contribution in [3.63, 3.8) is 0 Å². The van der Waals surface area contributed by atoms with Gasteiger partial charge in [-0.25, -0.2) is 0 Å². The van der Waals surface area contributed by atoms with Crippen LogP contribution in [0, 0.1) is 0 Å². The Bertz CT molecular complexity index is 825. The highest BCUT2D eigenvalue weighted by Crippen LogP contribution is 2.56. The second kappa shape index (κ2) is 8.54. The van der Waals surface area contributed by atoms with Crippen molar-refractivity contribution in [1.82, 2.24) is 0 Å². The largest absolute Gasteiger partial charge is 0.340 e. The Morgan fingerprint density at radius 3 is 1.96 bits per heavy atom. The molecule has 6 heteroatoms. The van der Waals surface area contributed by atoms with Gasteiger partial charge in [-0.05, 0) is 25.0 Å². The zero-order chi connectivity index (χ0) is 18.4. The Morgan fingerprint density at radius 2 is 1.42 bits per heavy atom. The Labute approximate surface area is 154 Å². The fraction of sp³-hybridized carbons (Fsp3) is 0.300. The molecule has 0 N–H and O–H groups in total. The van der Waals surface area contributed by atoms with Gasteiger partial charge in [-0.1, -0.05) is 60.7 Å². The summed E-state index contributed by atoms with van der Waals surface area (Å²) in [4.78, 5) is 0. The summed E-state index contributed by atoms with van der Waals surface area (Å²) >= 11 is 0. The number of rotatable bonds is 7. The molecule has 2 aromatic carbocycles. The molecule has 0 saturated carbocycles.